The minimum atomic E-state index is -0.991. The Morgan fingerprint density at radius 3 is 1.33 bits per heavy atom. The molecule has 13 nitrogen and oxygen atoms in total. The van der Waals surface area contributed by atoms with E-state index in [1.165, 1.54) is 13.2 Å². The van der Waals surface area contributed by atoms with Crippen molar-refractivity contribution < 1.29 is 62.8 Å². The Bertz CT molecular complexity index is 1480. The third-order valence-electron chi connectivity index (χ3n) is 7.61. The molecule has 2 heterocycles. The molecule has 2 aliphatic rings. The van der Waals surface area contributed by atoms with Crippen molar-refractivity contribution in [3.05, 3.63) is 68.7 Å². The van der Waals surface area contributed by atoms with E-state index in [0.717, 1.165) is 37.3 Å². The second-order valence-corrected chi connectivity index (χ2v) is 14.7. The van der Waals surface area contributed by atoms with Crippen molar-refractivity contribution in [3.8, 4) is 0 Å². The van der Waals surface area contributed by atoms with Crippen LogP contribution >= 0.6 is 23.2 Å². The Kier molecular flexibility index (Phi) is 18.3. The molecule has 2 aromatic carbocycles. The SMILES string of the molecule is CC(C)(C)OC(=O)N1CCN(Cc2ccc(C(=O)O)cc2Cl)CC1.COC(=O)c1ccc(CN2CCN(C(=O)OC(C)(C)C)CC2)c(Cl)c1.[Li+].[OH-]. The zero-order chi connectivity index (χ0) is 36.5. The number of hydrogen-bond donors (Lipinski definition) is 1. The van der Waals surface area contributed by atoms with Gasteiger partial charge in [0.1, 0.15) is 11.2 Å². The summed E-state index contributed by atoms with van der Waals surface area (Å²) < 4.78 is 15.5. The first-order chi connectivity index (χ1) is 22.8. The monoisotopic (exact) mass is 746 g/mol. The molecule has 0 aliphatic carbocycles. The summed E-state index contributed by atoms with van der Waals surface area (Å²) in [5.41, 5.74) is 1.47. The summed E-state index contributed by atoms with van der Waals surface area (Å²) in [5.74, 6) is -1.39. The first-order valence-corrected chi connectivity index (χ1v) is 16.9. The molecule has 16 heteroatoms. The number of halogens is 2. The third-order valence-corrected chi connectivity index (χ3v) is 8.31. The van der Waals surface area contributed by atoms with E-state index in [2.05, 4.69) is 9.80 Å². The van der Waals surface area contributed by atoms with Gasteiger partial charge in [-0.05, 0) is 76.9 Å². The van der Waals surface area contributed by atoms with Crippen molar-refractivity contribution in [3.63, 3.8) is 0 Å². The number of carboxylic acid groups (broad SMARTS) is 1. The number of rotatable bonds is 6. The standard InChI is InChI=1S/C18H25ClN2O4.C17H23ClN2O4.Li.H2O/c1-18(2,3)25-17(23)21-9-7-20(8-10-21)12-14-6-5-13(11-15(14)19)16(22)24-4;1-17(2,3)24-16(23)20-8-6-19(7-9-20)11-13-5-4-12(15(21)22)10-14(13)18;;/h5-6,11H,7-10,12H2,1-4H3;4-5,10H,6-9,11H2,1-3H3,(H,21,22);;1H2/q;;+1;/p-1. The number of benzene rings is 2. The molecule has 4 rings (SSSR count). The van der Waals surface area contributed by atoms with Crippen molar-refractivity contribution >= 4 is 47.3 Å². The van der Waals surface area contributed by atoms with Crippen LogP contribution < -0.4 is 18.9 Å². The van der Waals surface area contributed by atoms with Crippen LogP contribution in [-0.4, -0.2) is 125 Å². The van der Waals surface area contributed by atoms with Crippen LogP contribution in [0, 0.1) is 0 Å². The van der Waals surface area contributed by atoms with Gasteiger partial charge in [0.05, 0.1) is 18.2 Å². The van der Waals surface area contributed by atoms with Crippen molar-refractivity contribution in [2.75, 3.05) is 59.5 Å². The second-order valence-electron chi connectivity index (χ2n) is 13.9. The molecule has 0 aromatic heterocycles. The predicted molar refractivity (Wildman–Crippen MR) is 189 cm³/mol. The largest absolute Gasteiger partial charge is 1.00 e. The zero-order valence-electron chi connectivity index (χ0n) is 30.8. The van der Waals surface area contributed by atoms with E-state index >= 15 is 0 Å². The maximum absolute atomic E-state index is 12.1. The molecule has 2 aromatic rings. The predicted octanol–water partition coefficient (Wildman–Crippen LogP) is 3.10. The van der Waals surface area contributed by atoms with E-state index in [1.807, 2.05) is 47.6 Å². The van der Waals surface area contributed by atoms with Gasteiger partial charge in [0.2, 0.25) is 0 Å². The number of ether oxygens (including phenoxy) is 3. The molecule has 51 heavy (non-hydrogen) atoms. The van der Waals surface area contributed by atoms with Crippen LogP contribution in [0.15, 0.2) is 36.4 Å². The number of amides is 2. The summed E-state index contributed by atoms with van der Waals surface area (Å²) in [4.78, 5) is 54.4. The zero-order valence-corrected chi connectivity index (χ0v) is 32.3. The summed E-state index contributed by atoms with van der Waals surface area (Å²) in [7, 11) is 1.34. The van der Waals surface area contributed by atoms with Crippen LogP contribution in [0.25, 0.3) is 0 Å². The van der Waals surface area contributed by atoms with Crippen molar-refractivity contribution in [1.29, 1.82) is 0 Å². The summed E-state index contributed by atoms with van der Waals surface area (Å²) in [6.07, 6.45) is -0.557. The number of carbonyl (C=O) groups excluding carboxylic acids is 3. The molecule has 2 aliphatic heterocycles. The van der Waals surface area contributed by atoms with Gasteiger partial charge in [-0.25, -0.2) is 19.2 Å². The number of methoxy groups -OCH3 is 1. The molecule has 0 unspecified atom stereocenters. The molecule has 278 valence electrons. The first-order valence-electron chi connectivity index (χ1n) is 16.1. The average molecular weight is 748 g/mol. The number of esters is 1. The number of carbonyl (C=O) groups is 4. The Morgan fingerprint density at radius 2 is 1.02 bits per heavy atom. The van der Waals surface area contributed by atoms with Gasteiger partial charge in [0.15, 0.2) is 0 Å². The molecule has 0 saturated carbocycles. The molecule has 2 N–H and O–H groups in total. The topological polar surface area (TPSA) is 159 Å². The summed E-state index contributed by atoms with van der Waals surface area (Å²) in [6, 6.07) is 9.95. The summed E-state index contributed by atoms with van der Waals surface area (Å²) in [5, 5.41) is 9.95. The summed E-state index contributed by atoms with van der Waals surface area (Å²) in [6.45, 7) is 17.8. The van der Waals surface area contributed by atoms with Crippen LogP contribution in [0.1, 0.15) is 73.4 Å². The van der Waals surface area contributed by atoms with Crippen LogP contribution in [0.2, 0.25) is 10.0 Å². The Labute approximate surface area is 322 Å². The van der Waals surface area contributed by atoms with E-state index in [0.29, 0.717) is 54.9 Å². The second kappa shape index (κ2) is 20.3. The molecule has 0 spiro atoms. The van der Waals surface area contributed by atoms with Crippen LogP contribution in [-0.2, 0) is 27.3 Å². The third kappa shape index (κ3) is 15.2. The van der Waals surface area contributed by atoms with E-state index in [-0.39, 0.29) is 42.1 Å². The van der Waals surface area contributed by atoms with Gasteiger partial charge < -0.3 is 34.6 Å². The van der Waals surface area contributed by atoms with Gasteiger partial charge in [-0.3, -0.25) is 9.80 Å². The fourth-order valence-electron chi connectivity index (χ4n) is 5.04. The van der Waals surface area contributed by atoms with Crippen molar-refractivity contribution in [2.24, 2.45) is 0 Å². The van der Waals surface area contributed by atoms with Gasteiger partial charge in [-0.2, -0.15) is 0 Å². The van der Waals surface area contributed by atoms with E-state index < -0.39 is 23.1 Å². The summed E-state index contributed by atoms with van der Waals surface area (Å²) >= 11 is 12.5. The smallest absolute Gasteiger partial charge is 0.870 e. The van der Waals surface area contributed by atoms with Gasteiger partial charge in [-0.15, -0.1) is 0 Å². The first kappa shape index (κ1) is 46.0. The minimum absolute atomic E-state index is 0. The Hall–Kier alpha value is -3.02. The normalized spacial score (nSPS) is 15.3. The van der Waals surface area contributed by atoms with Gasteiger partial charge in [-0.1, -0.05) is 35.3 Å². The van der Waals surface area contributed by atoms with Crippen molar-refractivity contribution in [1.82, 2.24) is 19.6 Å². The number of aromatic carboxylic acids is 1. The van der Waals surface area contributed by atoms with Crippen LogP contribution in [0.5, 0.6) is 0 Å². The number of piperazine rings is 2. The molecule has 0 atom stereocenters. The van der Waals surface area contributed by atoms with E-state index in [1.54, 1.807) is 34.1 Å². The number of nitrogens with zero attached hydrogens (tertiary/aromatic N) is 4. The molecule has 2 amide bonds. The fourth-order valence-corrected chi connectivity index (χ4v) is 5.52. The Balaban J connectivity index is 0.000000491. The Morgan fingerprint density at radius 1 is 0.667 bits per heavy atom. The molecule has 0 radical (unpaired) electrons. The molecular formula is C35H49Cl2LiN4O9. The van der Waals surface area contributed by atoms with Gasteiger partial charge in [0, 0.05) is 75.5 Å². The van der Waals surface area contributed by atoms with Crippen LogP contribution in [0.4, 0.5) is 9.59 Å². The average Bonchev–Trinajstić information content (AvgIpc) is 3.02. The van der Waals surface area contributed by atoms with Crippen molar-refractivity contribution in [2.45, 2.75) is 65.8 Å². The maximum Gasteiger partial charge on any atom is 1.00 e. The minimum Gasteiger partial charge on any atom is -0.870 e. The molecule has 2 fully saturated rings. The van der Waals surface area contributed by atoms with Gasteiger partial charge >= 0.3 is 43.0 Å². The molecular weight excluding hydrogens is 698 g/mol. The quantitative estimate of drug-likeness (QED) is 0.263. The number of carboxylic acids is 1. The number of hydrogen-bond acceptors (Lipinski definition) is 10. The van der Waals surface area contributed by atoms with E-state index in [4.69, 9.17) is 42.5 Å². The fraction of sp³-hybridized carbons (Fsp3) is 0.543. The van der Waals surface area contributed by atoms with Crippen LogP contribution in [0.3, 0.4) is 0 Å². The maximum atomic E-state index is 12.1. The molecule has 2 saturated heterocycles. The van der Waals surface area contributed by atoms with E-state index in [9.17, 15) is 19.2 Å². The molecule has 0 bridgehead atoms. The van der Waals surface area contributed by atoms with Gasteiger partial charge in [0.25, 0.3) is 0 Å².